The smallest absolute Gasteiger partial charge is 0.387 e. The van der Waals surface area contributed by atoms with Crippen LogP contribution in [0, 0.1) is 0 Å². The van der Waals surface area contributed by atoms with Gasteiger partial charge in [0.05, 0.1) is 0 Å². The quantitative estimate of drug-likeness (QED) is 0.891. The number of hydrogen-bond donors (Lipinski definition) is 2. The van der Waals surface area contributed by atoms with E-state index in [2.05, 4.69) is 10.1 Å². The van der Waals surface area contributed by atoms with Crippen LogP contribution in [-0.4, -0.2) is 18.4 Å². The Bertz CT molecular complexity index is 687. The molecule has 0 aromatic heterocycles. The summed E-state index contributed by atoms with van der Waals surface area (Å²) in [6.45, 7) is -2.96. The average molecular weight is 306 g/mol. The molecule has 0 saturated heterocycles. The van der Waals surface area contributed by atoms with Crippen LogP contribution in [0.15, 0.2) is 48.5 Å². The van der Waals surface area contributed by atoms with Crippen LogP contribution in [0.3, 0.4) is 0 Å². The summed E-state index contributed by atoms with van der Waals surface area (Å²) in [7, 11) is 0. The van der Waals surface area contributed by atoms with Crippen molar-refractivity contribution in [2.24, 2.45) is 5.73 Å². The van der Waals surface area contributed by atoms with E-state index in [1.165, 1.54) is 48.5 Å². The van der Waals surface area contributed by atoms with Crippen molar-refractivity contribution in [3.05, 3.63) is 59.7 Å². The van der Waals surface area contributed by atoms with Crippen LogP contribution in [0.5, 0.6) is 5.75 Å². The van der Waals surface area contributed by atoms with Crippen molar-refractivity contribution in [2.75, 3.05) is 5.32 Å². The fourth-order valence-corrected chi connectivity index (χ4v) is 1.73. The molecule has 0 saturated carbocycles. The van der Waals surface area contributed by atoms with Crippen molar-refractivity contribution in [1.82, 2.24) is 0 Å². The molecule has 114 valence electrons. The van der Waals surface area contributed by atoms with Crippen LogP contribution in [-0.2, 0) is 0 Å². The molecule has 2 aromatic carbocycles. The maximum atomic E-state index is 12.1. The normalized spacial score (nSPS) is 10.3. The minimum absolute atomic E-state index is 0.105. The first-order chi connectivity index (χ1) is 10.5. The number of alkyl halides is 2. The fourth-order valence-electron chi connectivity index (χ4n) is 1.73. The summed E-state index contributed by atoms with van der Waals surface area (Å²) in [6.07, 6.45) is 0. The number of nitrogens with two attached hydrogens (primary N) is 1. The average Bonchev–Trinajstić information content (AvgIpc) is 2.47. The topological polar surface area (TPSA) is 81.4 Å². The summed E-state index contributed by atoms with van der Waals surface area (Å²) < 4.78 is 28.5. The third kappa shape index (κ3) is 4.02. The van der Waals surface area contributed by atoms with Gasteiger partial charge in [-0.25, -0.2) is 0 Å². The van der Waals surface area contributed by atoms with Gasteiger partial charge in [-0.1, -0.05) is 6.07 Å². The van der Waals surface area contributed by atoms with Crippen LogP contribution in [0.1, 0.15) is 20.7 Å². The number of anilines is 1. The van der Waals surface area contributed by atoms with Gasteiger partial charge < -0.3 is 15.8 Å². The number of carbonyl (C=O) groups is 2. The van der Waals surface area contributed by atoms with Crippen molar-refractivity contribution >= 4 is 17.5 Å². The minimum atomic E-state index is -2.96. The molecule has 0 aliphatic heterocycles. The summed E-state index contributed by atoms with van der Waals surface area (Å²) in [5.74, 6) is -1.17. The van der Waals surface area contributed by atoms with Gasteiger partial charge in [-0.05, 0) is 42.5 Å². The molecule has 0 heterocycles. The summed E-state index contributed by atoms with van der Waals surface area (Å²) >= 11 is 0. The molecule has 0 aliphatic carbocycles. The third-order valence-corrected chi connectivity index (χ3v) is 2.75. The van der Waals surface area contributed by atoms with E-state index in [0.717, 1.165) is 0 Å². The van der Waals surface area contributed by atoms with Crippen molar-refractivity contribution in [3.8, 4) is 5.75 Å². The predicted octanol–water partition coefficient (Wildman–Crippen LogP) is 2.64. The van der Waals surface area contributed by atoms with Gasteiger partial charge in [-0.2, -0.15) is 8.78 Å². The molecule has 0 radical (unpaired) electrons. The van der Waals surface area contributed by atoms with Gasteiger partial charge in [0, 0.05) is 16.8 Å². The number of carbonyl (C=O) groups excluding carboxylic acids is 2. The standard InChI is InChI=1S/C15H12F2N2O3/c16-15(17)22-12-3-1-2-10(8-12)14(21)19-11-6-4-9(5-7-11)13(18)20/h1-8,15H,(H2,18,20)(H,19,21). The predicted molar refractivity (Wildman–Crippen MR) is 76.0 cm³/mol. The van der Waals surface area contributed by atoms with E-state index in [9.17, 15) is 18.4 Å². The number of halogens is 2. The van der Waals surface area contributed by atoms with Gasteiger partial charge in [0.1, 0.15) is 5.75 Å². The van der Waals surface area contributed by atoms with Crippen LogP contribution in [0.4, 0.5) is 14.5 Å². The fraction of sp³-hybridized carbons (Fsp3) is 0.0667. The largest absolute Gasteiger partial charge is 0.435 e. The molecule has 0 atom stereocenters. The van der Waals surface area contributed by atoms with E-state index in [1.54, 1.807) is 0 Å². The molecular weight excluding hydrogens is 294 g/mol. The number of nitrogens with one attached hydrogen (secondary N) is 1. The highest BCUT2D eigenvalue weighted by molar-refractivity contribution is 6.04. The molecule has 3 N–H and O–H groups in total. The van der Waals surface area contributed by atoms with Gasteiger partial charge in [0.2, 0.25) is 5.91 Å². The molecular formula is C15H12F2N2O3. The van der Waals surface area contributed by atoms with E-state index in [1.807, 2.05) is 0 Å². The van der Waals surface area contributed by atoms with Crippen molar-refractivity contribution < 1.29 is 23.1 Å². The van der Waals surface area contributed by atoms with Crippen LogP contribution in [0.2, 0.25) is 0 Å². The van der Waals surface area contributed by atoms with Crippen LogP contribution >= 0.6 is 0 Å². The van der Waals surface area contributed by atoms with E-state index in [-0.39, 0.29) is 11.3 Å². The molecule has 2 amide bonds. The second-order valence-electron chi connectivity index (χ2n) is 4.30. The molecule has 22 heavy (non-hydrogen) atoms. The number of amides is 2. The SMILES string of the molecule is NC(=O)c1ccc(NC(=O)c2cccc(OC(F)F)c2)cc1. The molecule has 7 heteroatoms. The lowest BCUT2D eigenvalue weighted by molar-refractivity contribution is -0.0498. The van der Waals surface area contributed by atoms with E-state index < -0.39 is 18.4 Å². The van der Waals surface area contributed by atoms with E-state index in [0.29, 0.717) is 11.3 Å². The minimum Gasteiger partial charge on any atom is -0.435 e. The number of primary amides is 1. The molecule has 0 bridgehead atoms. The van der Waals surface area contributed by atoms with E-state index >= 15 is 0 Å². The zero-order chi connectivity index (χ0) is 16.1. The summed E-state index contributed by atoms with van der Waals surface area (Å²) in [5, 5.41) is 2.57. The Kier molecular flexibility index (Phi) is 4.67. The number of benzene rings is 2. The Morgan fingerprint density at radius 1 is 1.05 bits per heavy atom. The summed E-state index contributed by atoms with van der Waals surface area (Å²) in [4.78, 5) is 23.0. The molecule has 5 nitrogen and oxygen atoms in total. The van der Waals surface area contributed by atoms with Crippen LogP contribution in [0.25, 0.3) is 0 Å². The first kappa shape index (κ1) is 15.4. The molecule has 0 aliphatic rings. The van der Waals surface area contributed by atoms with Gasteiger partial charge in [-0.15, -0.1) is 0 Å². The maximum absolute atomic E-state index is 12.1. The highest BCUT2D eigenvalue weighted by Gasteiger charge is 2.10. The van der Waals surface area contributed by atoms with E-state index in [4.69, 9.17) is 5.73 Å². The molecule has 2 rings (SSSR count). The monoisotopic (exact) mass is 306 g/mol. The molecule has 0 fully saturated rings. The second kappa shape index (κ2) is 6.66. The molecule has 0 unspecified atom stereocenters. The Hall–Kier alpha value is -2.96. The third-order valence-electron chi connectivity index (χ3n) is 2.75. The van der Waals surface area contributed by atoms with Crippen molar-refractivity contribution in [1.29, 1.82) is 0 Å². The zero-order valence-corrected chi connectivity index (χ0v) is 11.3. The Balaban J connectivity index is 2.10. The first-order valence-corrected chi connectivity index (χ1v) is 6.22. The lowest BCUT2D eigenvalue weighted by Gasteiger charge is -2.08. The number of rotatable bonds is 5. The Morgan fingerprint density at radius 3 is 2.32 bits per heavy atom. The zero-order valence-electron chi connectivity index (χ0n) is 11.3. The summed E-state index contributed by atoms with van der Waals surface area (Å²) in [5.41, 5.74) is 6.03. The highest BCUT2D eigenvalue weighted by atomic mass is 19.3. The Labute approximate surface area is 124 Å². The maximum Gasteiger partial charge on any atom is 0.387 e. The lowest BCUT2D eigenvalue weighted by Crippen LogP contribution is -2.13. The van der Waals surface area contributed by atoms with Crippen molar-refractivity contribution in [2.45, 2.75) is 6.61 Å². The number of ether oxygens (including phenoxy) is 1. The van der Waals surface area contributed by atoms with Gasteiger partial charge >= 0.3 is 6.61 Å². The first-order valence-electron chi connectivity index (χ1n) is 6.22. The second-order valence-corrected chi connectivity index (χ2v) is 4.30. The molecule has 2 aromatic rings. The number of hydrogen-bond acceptors (Lipinski definition) is 3. The van der Waals surface area contributed by atoms with Gasteiger partial charge in [-0.3, -0.25) is 9.59 Å². The summed E-state index contributed by atoms with van der Waals surface area (Å²) in [6, 6.07) is 11.4. The molecule has 0 spiro atoms. The van der Waals surface area contributed by atoms with Gasteiger partial charge in [0.25, 0.3) is 5.91 Å². The van der Waals surface area contributed by atoms with Gasteiger partial charge in [0.15, 0.2) is 0 Å². The lowest BCUT2D eigenvalue weighted by atomic mass is 10.1. The van der Waals surface area contributed by atoms with Crippen molar-refractivity contribution in [3.63, 3.8) is 0 Å². The highest BCUT2D eigenvalue weighted by Crippen LogP contribution is 2.17. The Morgan fingerprint density at radius 2 is 1.73 bits per heavy atom. The van der Waals surface area contributed by atoms with Crippen LogP contribution < -0.4 is 15.8 Å².